The zero-order valence-electron chi connectivity index (χ0n) is 8.35. The van der Waals surface area contributed by atoms with Gasteiger partial charge in [-0.25, -0.2) is 0 Å². The predicted molar refractivity (Wildman–Crippen MR) is 64.5 cm³/mol. The van der Waals surface area contributed by atoms with Crippen molar-refractivity contribution in [1.82, 2.24) is 0 Å². The van der Waals surface area contributed by atoms with Crippen molar-refractivity contribution in [1.29, 1.82) is 0 Å². The number of nitrogens with two attached hydrogens (primary N) is 1. The summed E-state index contributed by atoms with van der Waals surface area (Å²) in [5.41, 5.74) is 7.56. The molecule has 2 heteroatoms. The fraction of sp³-hybridized carbons (Fsp3) is 0.0769. The number of nitrogen functional groups attached to an aromatic ring is 1. The molecule has 2 aromatic rings. The Morgan fingerprint density at radius 3 is 2.60 bits per heavy atom. The molecule has 0 bridgehead atoms. The lowest BCUT2D eigenvalue weighted by Gasteiger charge is -2.00. The van der Waals surface area contributed by atoms with E-state index in [1.165, 1.54) is 0 Å². The fourth-order valence-corrected chi connectivity index (χ4v) is 1.58. The van der Waals surface area contributed by atoms with Crippen LogP contribution in [0.5, 0.6) is 0 Å². The highest BCUT2D eigenvalue weighted by molar-refractivity contribution is 5.87. The molecule has 15 heavy (non-hydrogen) atoms. The van der Waals surface area contributed by atoms with Crippen LogP contribution in [0.1, 0.15) is 5.56 Å². The second-order valence-corrected chi connectivity index (χ2v) is 3.45. The summed E-state index contributed by atoms with van der Waals surface area (Å²) in [7, 11) is 0. The highest BCUT2D eigenvalue weighted by atomic mass is 16.2. The minimum atomic E-state index is 0.0692. The normalized spacial score (nSPS) is 11.3. The van der Waals surface area contributed by atoms with Crippen LogP contribution in [0.4, 0.5) is 5.69 Å². The third kappa shape index (κ3) is 2.17. The lowest BCUT2D eigenvalue weighted by molar-refractivity contribution is 0.343. The van der Waals surface area contributed by atoms with Gasteiger partial charge in [0.25, 0.3) is 0 Å². The quantitative estimate of drug-likeness (QED) is 0.730. The van der Waals surface area contributed by atoms with E-state index in [1.54, 1.807) is 6.08 Å². The lowest BCUT2D eigenvalue weighted by atomic mass is 10.1. The van der Waals surface area contributed by atoms with Crippen LogP contribution >= 0.6 is 0 Å². The van der Waals surface area contributed by atoms with Crippen LogP contribution in [-0.2, 0) is 0 Å². The molecule has 0 aliphatic heterocycles. The molecule has 0 unspecified atom stereocenters. The second kappa shape index (κ2) is 4.15. The molecule has 2 rings (SSSR count). The lowest BCUT2D eigenvalue weighted by Crippen LogP contribution is -1.84. The van der Waals surface area contributed by atoms with Crippen LogP contribution in [0.3, 0.4) is 0 Å². The Balaban J connectivity index is 2.47. The molecule has 0 radical (unpaired) electrons. The summed E-state index contributed by atoms with van der Waals surface area (Å²) < 4.78 is 0. The second-order valence-electron chi connectivity index (χ2n) is 3.45. The van der Waals surface area contributed by atoms with Gasteiger partial charge in [0.15, 0.2) is 0 Å². The number of anilines is 1. The molecule has 0 aliphatic rings. The summed E-state index contributed by atoms with van der Waals surface area (Å²) in [5, 5.41) is 11.0. The topological polar surface area (TPSA) is 46.2 Å². The molecule has 0 saturated carbocycles. The van der Waals surface area contributed by atoms with Crippen molar-refractivity contribution in [2.45, 2.75) is 0 Å². The molecule has 0 atom stereocenters. The average Bonchev–Trinajstić information content (AvgIpc) is 2.26. The Morgan fingerprint density at radius 1 is 1.07 bits per heavy atom. The first-order valence-electron chi connectivity index (χ1n) is 4.86. The minimum Gasteiger partial charge on any atom is -0.399 e. The molecule has 0 amide bonds. The van der Waals surface area contributed by atoms with E-state index >= 15 is 0 Å². The summed E-state index contributed by atoms with van der Waals surface area (Å²) in [6, 6.07) is 12.0. The van der Waals surface area contributed by atoms with E-state index in [9.17, 15) is 0 Å². The number of hydrogen-bond acceptors (Lipinski definition) is 2. The van der Waals surface area contributed by atoms with E-state index in [-0.39, 0.29) is 6.61 Å². The molecule has 2 nitrogen and oxygen atoms in total. The van der Waals surface area contributed by atoms with Gasteiger partial charge >= 0.3 is 0 Å². The maximum absolute atomic E-state index is 8.67. The minimum absolute atomic E-state index is 0.0692. The monoisotopic (exact) mass is 199 g/mol. The first kappa shape index (κ1) is 9.74. The smallest absolute Gasteiger partial charge is 0.0615 e. The number of fused-ring (bicyclic) bond motifs is 1. The first-order chi connectivity index (χ1) is 7.29. The van der Waals surface area contributed by atoms with E-state index in [0.717, 1.165) is 22.0 Å². The summed E-state index contributed by atoms with van der Waals surface area (Å²) >= 11 is 0. The van der Waals surface area contributed by atoms with Crippen molar-refractivity contribution in [2.75, 3.05) is 12.3 Å². The summed E-state index contributed by atoms with van der Waals surface area (Å²) in [4.78, 5) is 0. The van der Waals surface area contributed by atoms with Gasteiger partial charge in [-0.2, -0.15) is 0 Å². The molecule has 76 valence electrons. The van der Waals surface area contributed by atoms with Gasteiger partial charge in [0.1, 0.15) is 0 Å². The zero-order valence-corrected chi connectivity index (χ0v) is 8.35. The van der Waals surface area contributed by atoms with Gasteiger partial charge in [0, 0.05) is 5.69 Å². The standard InChI is InChI=1S/C13H13NO/c14-13-6-5-11-8-10(2-1-7-15)3-4-12(11)9-13/h1-6,8-9,15H,7,14H2. The molecular weight excluding hydrogens is 186 g/mol. The molecule has 0 heterocycles. The van der Waals surface area contributed by atoms with Gasteiger partial charge in [0.05, 0.1) is 6.61 Å². The van der Waals surface area contributed by atoms with Gasteiger partial charge in [-0.3, -0.25) is 0 Å². The van der Waals surface area contributed by atoms with Crippen LogP contribution in [0, 0.1) is 0 Å². The van der Waals surface area contributed by atoms with Gasteiger partial charge < -0.3 is 10.8 Å². The SMILES string of the molecule is Nc1ccc2cc(C=CCO)ccc2c1. The van der Waals surface area contributed by atoms with E-state index in [4.69, 9.17) is 10.8 Å². The van der Waals surface area contributed by atoms with Crippen molar-refractivity contribution in [3.63, 3.8) is 0 Å². The van der Waals surface area contributed by atoms with Gasteiger partial charge in [-0.05, 0) is 34.5 Å². The molecule has 0 saturated heterocycles. The highest BCUT2D eigenvalue weighted by Crippen LogP contribution is 2.19. The van der Waals surface area contributed by atoms with Gasteiger partial charge in [-0.15, -0.1) is 0 Å². The van der Waals surface area contributed by atoms with E-state index in [1.807, 2.05) is 36.4 Å². The van der Waals surface area contributed by atoms with Crippen molar-refractivity contribution < 1.29 is 5.11 Å². The van der Waals surface area contributed by atoms with Crippen molar-refractivity contribution >= 4 is 22.5 Å². The van der Waals surface area contributed by atoms with Crippen LogP contribution in [0.25, 0.3) is 16.8 Å². The number of benzene rings is 2. The van der Waals surface area contributed by atoms with E-state index in [2.05, 4.69) is 6.07 Å². The Hall–Kier alpha value is -1.80. The van der Waals surface area contributed by atoms with Crippen LogP contribution in [0.2, 0.25) is 0 Å². The van der Waals surface area contributed by atoms with Crippen molar-refractivity contribution in [3.8, 4) is 0 Å². The number of rotatable bonds is 2. The summed E-state index contributed by atoms with van der Waals surface area (Å²) in [5.74, 6) is 0. The van der Waals surface area contributed by atoms with Crippen molar-refractivity contribution in [3.05, 3.63) is 48.0 Å². The Bertz CT molecular complexity index is 503. The third-order valence-electron chi connectivity index (χ3n) is 2.30. The third-order valence-corrected chi connectivity index (χ3v) is 2.30. The number of aliphatic hydroxyl groups excluding tert-OH is 1. The molecule has 3 N–H and O–H groups in total. The molecule has 0 fully saturated rings. The van der Waals surface area contributed by atoms with Crippen molar-refractivity contribution in [2.24, 2.45) is 0 Å². The van der Waals surface area contributed by atoms with Crippen LogP contribution in [0.15, 0.2) is 42.5 Å². The molecule has 0 aromatic heterocycles. The predicted octanol–water partition coefficient (Wildman–Crippen LogP) is 2.43. The fourth-order valence-electron chi connectivity index (χ4n) is 1.58. The number of hydrogen-bond donors (Lipinski definition) is 2. The van der Waals surface area contributed by atoms with Gasteiger partial charge in [-0.1, -0.05) is 30.4 Å². The first-order valence-corrected chi connectivity index (χ1v) is 4.86. The van der Waals surface area contributed by atoms with Crippen LogP contribution < -0.4 is 5.73 Å². The summed E-state index contributed by atoms with van der Waals surface area (Å²) in [6.45, 7) is 0.0692. The Labute approximate surface area is 88.7 Å². The zero-order chi connectivity index (χ0) is 10.7. The van der Waals surface area contributed by atoms with E-state index in [0.29, 0.717) is 0 Å². The largest absolute Gasteiger partial charge is 0.399 e. The molecule has 2 aromatic carbocycles. The summed E-state index contributed by atoms with van der Waals surface area (Å²) in [6.07, 6.45) is 3.62. The maximum Gasteiger partial charge on any atom is 0.0615 e. The van der Waals surface area contributed by atoms with Crippen LogP contribution in [-0.4, -0.2) is 11.7 Å². The highest BCUT2D eigenvalue weighted by Gasteiger charge is 1.94. The maximum atomic E-state index is 8.67. The average molecular weight is 199 g/mol. The number of aliphatic hydroxyl groups is 1. The molecular formula is C13H13NO. The Morgan fingerprint density at radius 2 is 1.80 bits per heavy atom. The van der Waals surface area contributed by atoms with Gasteiger partial charge in [0.2, 0.25) is 0 Å². The molecule has 0 spiro atoms. The molecule has 0 aliphatic carbocycles. The Kier molecular flexibility index (Phi) is 2.70. The van der Waals surface area contributed by atoms with E-state index < -0.39 is 0 Å².